The fourth-order valence-electron chi connectivity index (χ4n) is 3.70. The van der Waals surface area contributed by atoms with Crippen molar-refractivity contribution in [1.82, 2.24) is 5.32 Å². The van der Waals surface area contributed by atoms with Gasteiger partial charge in [0.05, 0.1) is 6.42 Å². The van der Waals surface area contributed by atoms with Gasteiger partial charge in [-0.15, -0.1) is 0 Å². The van der Waals surface area contributed by atoms with Crippen molar-refractivity contribution in [2.75, 3.05) is 5.32 Å². The van der Waals surface area contributed by atoms with E-state index in [1.54, 1.807) is 0 Å². The second-order valence-electron chi connectivity index (χ2n) is 8.36. The molecular formula is C25H30N2O4. The summed E-state index contributed by atoms with van der Waals surface area (Å²) in [6, 6.07) is 14.4. The number of benzene rings is 2. The third-order valence-corrected chi connectivity index (χ3v) is 5.47. The highest BCUT2D eigenvalue weighted by Gasteiger charge is 2.29. The van der Waals surface area contributed by atoms with Crippen molar-refractivity contribution in [2.24, 2.45) is 5.92 Å². The minimum atomic E-state index is -0.979. The average Bonchev–Trinajstić information content (AvgIpc) is 3.20. The first-order valence-electron chi connectivity index (χ1n) is 10.8. The van der Waals surface area contributed by atoms with Crippen LogP contribution >= 0.6 is 0 Å². The zero-order valence-electron chi connectivity index (χ0n) is 18.3. The number of carbonyl (C=O) groups excluding carboxylic acids is 3. The molecule has 0 saturated carbocycles. The molecule has 0 bridgehead atoms. The zero-order chi connectivity index (χ0) is 22.4. The molecule has 0 fully saturated rings. The smallest absolute Gasteiger partial charge is 0.329 e. The van der Waals surface area contributed by atoms with Gasteiger partial charge in [-0.1, -0.05) is 50.2 Å². The van der Waals surface area contributed by atoms with Crippen LogP contribution in [0.2, 0.25) is 0 Å². The molecule has 2 atom stereocenters. The summed E-state index contributed by atoms with van der Waals surface area (Å²) in [5, 5.41) is 5.56. The number of aryl methyl sites for hydroxylation is 2. The van der Waals surface area contributed by atoms with E-state index in [9.17, 15) is 14.4 Å². The van der Waals surface area contributed by atoms with Crippen LogP contribution in [0, 0.1) is 5.92 Å². The molecule has 2 N–H and O–H groups in total. The predicted molar refractivity (Wildman–Crippen MR) is 120 cm³/mol. The number of rotatable bonds is 8. The molecule has 3 rings (SSSR count). The maximum atomic E-state index is 12.7. The van der Waals surface area contributed by atoms with Crippen LogP contribution in [0.4, 0.5) is 5.69 Å². The van der Waals surface area contributed by atoms with E-state index in [2.05, 4.69) is 10.6 Å². The van der Waals surface area contributed by atoms with E-state index >= 15 is 0 Å². The van der Waals surface area contributed by atoms with Gasteiger partial charge in [-0.05, 0) is 60.9 Å². The summed E-state index contributed by atoms with van der Waals surface area (Å²) in [5.41, 5.74) is 4.13. The maximum Gasteiger partial charge on any atom is 0.329 e. The highest BCUT2D eigenvalue weighted by atomic mass is 16.5. The molecule has 2 amide bonds. The maximum absolute atomic E-state index is 12.7. The van der Waals surface area contributed by atoms with Crippen molar-refractivity contribution in [3.8, 4) is 0 Å². The van der Waals surface area contributed by atoms with Gasteiger partial charge in [-0.25, -0.2) is 4.79 Å². The Morgan fingerprint density at radius 1 is 0.968 bits per heavy atom. The van der Waals surface area contributed by atoms with Crippen molar-refractivity contribution >= 4 is 23.5 Å². The second-order valence-corrected chi connectivity index (χ2v) is 8.36. The number of carbonyl (C=O) groups is 3. The SMILES string of the molecule is CC(C)[C@H](NC(=O)Cc1ccccc1)C(=O)O[C@H](C)C(=O)Nc1ccc2c(c1)CCC2. The Balaban J connectivity index is 1.55. The highest BCUT2D eigenvalue weighted by molar-refractivity contribution is 5.96. The van der Waals surface area contributed by atoms with E-state index in [0.29, 0.717) is 5.69 Å². The van der Waals surface area contributed by atoms with Crippen LogP contribution in [0.3, 0.4) is 0 Å². The summed E-state index contributed by atoms with van der Waals surface area (Å²) in [7, 11) is 0. The Kier molecular flexibility index (Phi) is 7.45. The number of nitrogens with one attached hydrogen (secondary N) is 2. The first-order valence-corrected chi connectivity index (χ1v) is 10.8. The summed E-state index contributed by atoms with van der Waals surface area (Å²) in [6.07, 6.45) is 2.42. The van der Waals surface area contributed by atoms with Crippen LogP contribution in [0.25, 0.3) is 0 Å². The Morgan fingerprint density at radius 2 is 1.68 bits per heavy atom. The van der Waals surface area contributed by atoms with E-state index < -0.39 is 24.0 Å². The lowest BCUT2D eigenvalue weighted by molar-refractivity contribution is -0.157. The Bertz CT molecular complexity index is 940. The Labute approximate surface area is 183 Å². The van der Waals surface area contributed by atoms with E-state index in [4.69, 9.17) is 4.74 Å². The molecule has 2 aromatic rings. The molecule has 0 saturated heterocycles. The number of anilines is 1. The van der Waals surface area contributed by atoms with Gasteiger partial charge in [0, 0.05) is 5.69 Å². The lowest BCUT2D eigenvalue weighted by atomic mass is 10.0. The molecule has 164 valence electrons. The van der Waals surface area contributed by atoms with Gasteiger partial charge < -0.3 is 15.4 Å². The van der Waals surface area contributed by atoms with Gasteiger partial charge >= 0.3 is 5.97 Å². The quantitative estimate of drug-likeness (QED) is 0.639. The largest absolute Gasteiger partial charge is 0.451 e. The molecule has 0 aromatic heterocycles. The van der Waals surface area contributed by atoms with E-state index in [-0.39, 0.29) is 18.2 Å². The average molecular weight is 423 g/mol. The molecule has 0 unspecified atom stereocenters. The van der Waals surface area contributed by atoms with Gasteiger partial charge in [0.1, 0.15) is 6.04 Å². The molecule has 0 spiro atoms. The molecule has 1 aliphatic rings. The van der Waals surface area contributed by atoms with Crippen LogP contribution < -0.4 is 10.6 Å². The van der Waals surface area contributed by atoms with Gasteiger partial charge in [0.15, 0.2) is 6.10 Å². The zero-order valence-corrected chi connectivity index (χ0v) is 18.3. The van der Waals surface area contributed by atoms with Crippen molar-refractivity contribution in [1.29, 1.82) is 0 Å². The van der Waals surface area contributed by atoms with E-state index in [1.165, 1.54) is 18.1 Å². The first-order chi connectivity index (χ1) is 14.8. The van der Waals surface area contributed by atoms with Gasteiger partial charge in [0.2, 0.25) is 5.91 Å². The molecule has 0 radical (unpaired) electrons. The van der Waals surface area contributed by atoms with Gasteiger partial charge in [-0.2, -0.15) is 0 Å². The molecule has 1 aliphatic carbocycles. The van der Waals surface area contributed by atoms with Gasteiger partial charge in [-0.3, -0.25) is 9.59 Å². The van der Waals surface area contributed by atoms with Crippen molar-refractivity contribution < 1.29 is 19.1 Å². The molecule has 2 aromatic carbocycles. The third kappa shape index (κ3) is 6.17. The van der Waals surface area contributed by atoms with Gasteiger partial charge in [0.25, 0.3) is 5.91 Å². The highest BCUT2D eigenvalue weighted by Crippen LogP contribution is 2.25. The third-order valence-electron chi connectivity index (χ3n) is 5.47. The summed E-state index contributed by atoms with van der Waals surface area (Å²) in [4.78, 5) is 37.6. The lowest BCUT2D eigenvalue weighted by Crippen LogP contribution is -2.47. The number of fused-ring (bicyclic) bond motifs is 1. The van der Waals surface area contributed by atoms with Crippen molar-refractivity contribution in [3.63, 3.8) is 0 Å². The Morgan fingerprint density at radius 3 is 2.39 bits per heavy atom. The van der Waals surface area contributed by atoms with Crippen molar-refractivity contribution in [3.05, 3.63) is 65.2 Å². The fraction of sp³-hybridized carbons (Fsp3) is 0.400. The molecule has 0 aliphatic heterocycles. The minimum Gasteiger partial charge on any atom is -0.451 e. The predicted octanol–water partition coefficient (Wildman–Crippen LogP) is 3.43. The number of esters is 1. The molecule has 6 heteroatoms. The lowest BCUT2D eigenvalue weighted by Gasteiger charge is -2.23. The molecule has 0 heterocycles. The summed E-state index contributed by atoms with van der Waals surface area (Å²) in [5.74, 6) is -1.46. The molecule has 6 nitrogen and oxygen atoms in total. The second kappa shape index (κ2) is 10.2. The summed E-state index contributed by atoms with van der Waals surface area (Å²) >= 11 is 0. The Hall–Kier alpha value is -3.15. The standard InChI is InChI=1S/C25H30N2O4/c1-16(2)23(27-22(28)14-18-8-5-4-6-9-18)25(30)31-17(3)24(29)26-21-13-12-19-10-7-11-20(19)15-21/h4-6,8-9,12-13,15-17,23H,7,10-11,14H2,1-3H3,(H,26,29)(H,27,28)/t17-,23+/m1/s1. The minimum absolute atomic E-state index is 0.172. The van der Waals surface area contributed by atoms with Crippen LogP contribution in [-0.2, 0) is 38.4 Å². The first kappa shape index (κ1) is 22.5. The molecular weight excluding hydrogens is 392 g/mol. The fourth-order valence-corrected chi connectivity index (χ4v) is 3.70. The number of ether oxygens (including phenoxy) is 1. The normalized spacial score (nSPS) is 14.5. The van der Waals surface area contributed by atoms with Crippen LogP contribution in [0.15, 0.2) is 48.5 Å². The van der Waals surface area contributed by atoms with Crippen LogP contribution in [0.1, 0.15) is 43.9 Å². The topological polar surface area (TPSA) is 84.5 Å². The van der Waals surface area contributed by atoms with Crippen LogP contribution in [0.5, 0.6) is 0 Å². The summed E-state index contributed by atoms with van der Waals surface area (Å²) < 4.78 is 5.39. The number of hydrogen-bond donors (Lipinski definition) is 2. The van der Waals surface area contributed by atoms with Crippen molar-refractivity contribution in [2.45, 2.75) is 58.6 Å². The van der Waals surface area contributed by atoms with E-state index in [1.807, 2.05) is 62.4 Å². The monoisotopic (exact) mass is 422 g/mol. The number of amides is 2. The molecule has 31 heavy (non-hydrogen) atoms. The summed E-state index contributed by atoms with van der Waals surface area (Å²) in [6.45, 7) is 5.18. The van der Waals surface area contributed by atoms with E-state index in [0.717, 1.165) is 24.8 Å². The number of hydrogen-bond acceptors (Lipinski definition) is 4. The van der Waals surface area contributed by atoms with Crippen LogP contribution in [-0.4, -0.2) is 29.9 Å².